The van der Waals surface area contributed by atoms with Crippen molar-refractivity contribution in [1.29, 1.82) is 0 Å². The lowest BCUT2D eigenvalue weighted by atomic mass is 10.1. The number of carbonyl (C=O) groups excluding carboxylic acids is 1. The van der Waals surface area contributed by atoms with Crippen molar-refractivity contribution in [3.63, 3.8) is 0 Å². The fourth-order valence-corrected chi connectivity index (χ4v) is 2.65. The van der Waals surface area contributed by atoms with Crippen LogP contribution in [0.4, 0.5) is 5.69 Å². The Labute approximate surface area is 123 Å². The van der Waals surface area contributed by atoms with Gasteiger partial charge in [0.15, 0.2) is 5.82 Å². The highest BCUT2D eigenvalue weighted by Crippen LogP contribution is 2.26. The van der Waals surface area contributed by atoms with E-state index in [-0.39, 0.29) is 11.8 Å². The van der Waals surface area contributed by atoms with Crippen LogP contribution in [0.3, 0.4) is 0 Å². The minimum Gasteiger partial charge on any atom is -0.326 e. The van der Waals surface area contributed by atoms with Gasteiger partial charge in [0.2, 0.25) is 5.91 Å². The normalized spacial score (nSPS) is 15.3. The molecule has 3 rings (SSSR count). The molecule has 21 heavy (non-hydrogen) atoms. The van der Waals surface area contributed by atoms with E-state index < -0.39 is 0 Å². The smallest absolute Gasteiger partial charge is 0.227 e. The van der Waals surface area contributed by atoms with Gasteiger partial charge in [0.05, 0.1) is 6.54 Å². The van der Waals surface area contributed by atoms with Crippen molar-refractivity contribution >= 4 is 11.6 Å². The maximum Gasteiger partial charge on any atom is 0.227 e. The molecule has 2 aromatic rings. The van der Waals surface area contributed by atoms with E-state index in [9.17, 15) is 4.79 Å². The first-order valence-corrected chi connectivity index (χ1v) is 7.29. The van der Waals surface area contributed by atoms with Crippen LogP contribution in [0, 0.1) is 5.92 Å². The van der Waals surface area contributed by atoms with Gasteiger partial charge >= 0.3 is 0 Å². The molecule has 1 heterocycles. The highest BCUT2D eigenvalue weighted by Gasteiger charge is 2.22. The lowest BCUT2D eigenvalue weighted by Crippen LogP contribution is -2.20. The largest absolute Gasteiger partial charge is 0.326 e. The van der Waals surface area contributed by atoms with Crippen molar-refractivity contribution in [2.24, 2.45) is 11.7 Å². The quantitative estimate of drug-likeness (QED) is 0.801. The molecule has 1 aromatic carbocycles. The molecule has 0 atom stereocenters. The molecule has 1 fully saturated rings. The lowest BCUT2D eigenvalue weighted by molar-refractivity contribution is -0.119. The van der Waals surface area contributed by atoms with Crippen molar-refractivity contribution < 1.29 is 4.79 Å². The predicted octanol–water partition coefficient (Wildman–Crippen LogP) is 2.06. The summed E-state index contributed by atoms with van der Waals surface area (Å²) in [7, 11) is 0. The van der Waals surface area contributed by atoms with Crippen LogP contribution in [0.15, 0.2) is 24.3 Å². The van der Waals surface area contributed by atoms with Crippen LogP contribution < -0.4 is 11.1 Å². The summed E-state index contributed by atoms with van der Waals surface area (Å²) in [5.41, 5.74) is 7.20. The van der Waals surface area contributed by atoms with E-state index in [1.807, 2.05) is 24.3 Å². The molecule has 6 heteroatoms. The van der Waals surface area contributed by atoms with E-state index in [2.05, 4.69) is 20.5 Å². The van der Waals surface area contributed by atoms with Gasteiger partial charge in [-0.2, -0.15) is 5.10 Å². The third-order valence-corrected chi connectivity index (χ3v) is 3.86. The summed E-state index contributed by atoms with van der Waals surface area (Å²) in [6.07, 6.45) is 4.32. The molecular weight excluding hydrogens is 266 g/mol. The number of carbonyl (C=O) groups is 1. The zero-order chi connectivity index (χ0) is 14.7. The van der Waals surface area contributed by atoms with Gasteiger partial charge in [-0.05, 0) is 37.1 Å². The van der Waals surface area contributed by atoms with E-state index in [4.69, 9.17) is 5.73 Å². The number of nitrogens with one attached hydrogen (secondary N) is 2. The van der Waals surface area contributed by atoms with E-state index in [1.54, 1.807) is 0 Å². The highest BCUT2D eigenvalue weighted by molar-refractivity contribution is 5.92. The molecule has 0 radical (unpaired) electrons. The minimum atomic E-state index is 0.128. The van der Waals surface area contributed by atoms with Gasteiger partial charge in [-0.25, -0.2) is 4.98 Å². The maximum absolute atomic E-state index is 12.1. The van der Waals surface area contributed by atoms with Crippen LogP contribution >= 0.6 is 0 Å². The fourth-order valence-electron chi connectivity index (χ4n) is 2.65. The minimum absolute atomic E-state index is 0.128. The Kier molecular flexibility index (Phi) is 3.96. The standard InChI is InChI=1S/C15H19N5O/c16-9-13-18-14(20-19-13)10-5-7-12(8-6-10)17-15(21)11-3-1-2-4-11/h5-8,11H,1-4,9,16H2,(H,17,21)(H,18,19,20). The summed E-state index contributed by atoms with van der Waals surface area (Å²) in [6, 6.07) is 7.54. The molecule has 1 aliphatic rings. The Bertz CT molecular complexity index is 613. The van der Waals surface area contributed by atoms with Crippen molar-refractivity contribution in [3.8, 4) is 11.4 Å². The monoisotopic (exact) mass is 285 g/mol. The Morgan fingerprint density at radius 1 is 1.29 bits per heavy atom. The van der Waals surface area contributed by atoms with Crippen LogP contribution in [0.5, 0.6) is 0 Å². The van der Waals surface area contributed by atoms with Crippen molar-refractivity contribution in [3.05, 3.63) is 30.1 Å². The van der Waals surface area contributed by atoms with Gasteiger partial charge in [-0.3, -0.25) is 9.89 Å². The van der Waals surface area contributed by atoms with Gasteiger partial charge in [-0.15, -0.1) is 0 Å². The number of aromatic nitrogens is 3. The number of nitrogens with two attached hydrogens (primary N) is 1. The van der Waals surface area contributed by atoms with Crippen molar-refractivity contribution in [1.82, 2.24) is 15.2 Å². The molecular formula is C15H19N5O. The van der Waals surface area contributed by atoms with Crippen LogP contribution in [-0.2, 0) is 11.3 Å². The second-order valence-electron chi connectivity index (χ2n) is 5.36. The van der Waals surface area contributed by atoms with Crippen LogP contribution in [0.2, 0.25) is 0 Å². The highest BCUT2D eigenvalue weighted by atomic mass is 16.1. The SMILES string of the molecule is NCc1nc(-c2ccc(NC(=O)C3CCCC3)cc2)n[nH]1. The summed E-state index contributed by atoms with van der Waals surface area (Å²) in [6.45, 7) is 0.336. The number of anilines is 1. The second-order valence-corrected chi connectivity index (χ2v) is 5.36. The second kappa shape index (κ2) is 6.05. The van der Waals surface area contributed by atoms with E-state index in [0.717, 1.165) is 36.9 Å². The van der Waals surface area contributed by atoms with Crippen molar-refractivity contribution in [2.75, 3.05) is 5.32 Å². The van der Waals surface area contributed by atoms with Crippen LogP contribution in [-0.4, -0.2) is 21.1 Å². The number of aromatic amines is 1. The Morgan fingerprint density at radius 2 is 2.00 bits per heavy atom. The topological polar surface area (TPSA) is 96.7 Å². The summed E-state index contributed by atoms with van der Waals surface area (Å²) < 4.78 is 0. The Balaban J connectivity index is 1.67. The Hall–Kier alpha value is -2.21. The number of hydrogen-bond acceptors (Lipinski definition) is 4. The molecule has 0 saturated heterocycles. The average molecular weight is 285 g/mol. The zero-order valence-corrected chi connectivity index (χ0v) is 11.8. The molecule has 4 N–H and O–H groups in total. The summed E-state index contributed by atoms with van der Waals surface area (Å²) in [5.74, 6) is 1.57. The van der Waals surface area contributed by atoms with E-state index in [1.165, 1.54) is 0 Å². The fraction of sp³-hybridized carbons (Fsp3) is 0.400. The van der Waals surface area contributed by atoms with Gasteiger partial charge in [-0.1, -0.05) is 12.8 Å². The number of rotatable bonds is 4. The average Bonchev–Trinajstić information content (AvgIpc) is 3.19. The molecule has 1 saturated carbocycles. The van der Waals surface area contributed by atoms with Crippen LogP contribution in [0.1, 0.15) is 31.5 Å². The molecule has 1 amide bonds. The molecule has 6 nitrogen and oxygen atoms in total. The van der Waals surface area contributed by atoms with Crippen LogP contribution in [0.25, 0.3) is 11.4 Å². The molecule has 1 aliphatic carbocycles. The number of amides is 1. The molecule has 0 spiro atoms. The molecule has 0 bridgehead atoms. The molecule has 0 unspecified atom stereocenters. The third kappa shape index (κ3) is 3.11. The zero-order valence-electron chi connectivity index (χ0n) is 11.8. The third-order valence-electron chi connectivity index (χ3n) is 3.86. The number of nitrogens with zero attached hydrogens (tertiary/aromatic N) is 2. The van der Waals surface area contributed by atoms with Gasteiger partial charge in [0, 0.05) is 17.2 Å². The molecule has 110 valence electrons. The summed E-state index contributed by atoms with van der Waals surface area (Å²) in [4.78, 5) is 16.3. The number of hydrogen-bond donors (Lipinski definition) is 3. The van der Waals surface area contributed by atoms with E-state index >= 15 is 0 Å². The first-order valence-electron chi connectivity index (χ1n) is 7.29. The predicted molar refractivity (Wildman–Crippen MR) is 80.3 cm³/mol. The Morgan fingerprint density at radius 3 is 2.62 bits per heavy atom. The summed E-state index contributed by atoms with van der Waals surface area (Å²) >= 11 is 0. The maximum atomic E-state index is 12.1. The molecule has 1 aromatic heterocycles. The first kappa shape index (κ1) is 13.8. The number of benzene rings is 1. The van der Waals surface area contributed by atoms with Gasteiger partial charge < -0.3 is 11.1 Å². The number of H-pyrrole nitrogens is 1. The van der Waals surface area contributed by atoms with Crippen molar-refractivity contribution in [2.45, 2.75) is 32.2 Å². The van der Waals surface area contributed by atoms with Gasteiger partial charge in [0.1, 0.15) is 5.82 Å². The van der Waals surface area contributed by atoms with Gasteiger partial charge in [0.25, 0.3) is 0 Å². The molecule has 0 aliphatic heterocycles. The first-order chi connectivity index (χ1) is 10.3. The summed E-state index contributed by atoms with van der Waals surface area (Å²) in [5, 5.41) is 9.86. The lowest BCUT2D eigenvalue weighted by Gasteiger charge is -2.10. The van der Waals surface area contributed by atoms with E-state index in [0.29, 0.717) is 18.2 Å².